The molecular formula is C21H17F3N8O2S. The summed E-state index contributed by atoms with van der Waals surface area (Å²) in [6.07, 6.45) is 0.108. The van der Waals surface area contributed by atoms with Gasteiger partial charge in [-0.3, -0.25) is 14.8 Å². The van der Waals surface area contributed by atoms with Crippen LogP contribution in [-0.4, -0.2) is 49.1 Å². The molecule has 10 nitrogen and oxygen atoms in total. The fraction of sp³-hybridized carbons (Fsp3) is 0.143. The Balaban J connectivity index is 1.28. The van der Waals surface area contributed by atoms with Gasteiger partial charge in [-0.2, -0.15) is 0 Å². The quantitative estimate of drug-likeness (QED) is 0.137. The molecule has 0 unspecified atom stereocenters. The lowest BCUT2D eigenvalue weighted by atomic mass is 10.2. The van der Waals surface area contributed by atoms with E-state index in [0.29, 0.717) is 17.9 Å². The predicted octanol–water partition coefficient (Wildman–Crippen LogP) is 3.69. The molecule has 0 aliphatic carbocycles. The summed E-state index contributed by atoms with van der Waals surface area (Å²) in [6.45, 7) is 0.291. The molecule has 3 N–H and O–H groups in total. The number of amides is 1. The number of anilines is 1. The summed E-state index contributed by atoms with van der Waals surface area (Å²) in [5, 5.41) is 28.6. The van der Waals surface area contributed by atoms with Gasteiger partial charge < -0.3 is 10.6 Å². The van der Waals surface area contributed by atoms with Crippen molar-refractivity contribution in [2.45, 2.75) is 11.5 Å². The number of nitrogens with zero attached hydrogens (tertiary/aromatic N) is 5. The minimum absolute atomic E-state index is 0.0498. The van der Waals surface area contributed by atoms with Crippen molar-refractivity contribution < 1.29 is 22.6 Å². The van der Waals surface area contributed by atoms with Crippen LogP contribution in [0.5, 0.6) is 0 Å². The van der Waals surface area contributed by atoms with Gasteiger partial charge in [-0.15, -0.1) is 10.2 Å². The minimum Gasteiger partial charge on any atom is -0.351 e. The van der Waals surface area contributed by atoms with Crippen LogP contribution < -0.4 is 10.6 Å². The van der Waals surface area contributed by atoms with E-state index in [9.17, 15) is 18.0 Å². The molecule has 0 fully saturated rings. The maximum atomic E-state index is 13.5. The first-order valence-electron chi connectivity index (χ1n) is 10.0. The lowest BCUT2D eigenvalue weighted by Crippen LogP contribution is -2.25. The van der Waals surface area contributed by atoms with Crippen LogP contribution in [0.25, 0.3) is 5.69 Å². The van der Waals surface area contributed by atoms with Crippen molar-refractivity contribution in [2.24, 2.45) is 0 Å². The molecule has 0 radical (unpaired) electrons. The average molecular weight is 502 g/mol. The van der Waals surface area contributed by atoms with Crippen molar-refractivity contribution in [1.29, 1.82) is 5.41 Å². The number of benzene rings is 2. The Morgan fingerprint density at radius 3 is 2.57 bits per heavy atom. The van der Waals surface area contributed by atoms with Crippen LogP contribution in [0, 0.1) is 11.2 Å². The third kappa shape index (κ3) is 5.84. The molecule has 0 saturated carbocycles. The monoisotopic (exact) mass is 502 g/mol. The minimum atomic E-state index is -2.99. The van der Waals surface area contributed by atoms with Gasteiger partial charge in [0.15, 0.2) is 16.6 Å². The normalized spacial score (nSPS) is 11.0. The molecule has 180 valence electrons. The zero-order valence-corrected chi connectivity index (χ0v) is 18.6. The molecule has 2 aromatic heterocycles. The van der Waals surface area contributed by atoms with Gasteiger partial charge in [0.1, 0.15) is 18.5 Å². The molecule has 0 saturated heterocycles. The van der Waals surface area contributed by atoms with Gasteiger partial charge in [0, 0.05) is 29.2 Å². The Morgan fingerprint density at radius 2 is 1.86 bits per heavy atom. The maximum absolute atomic E-state index is 13.5. The Labute approximate surface area is 200 Å². The first-order chi connectivity index (χ1) is 16.9. The van der Waals surface area contributed by atoms with Gasteiger partial charge >= 0.3 is 0 Å². The van der Waals surface area contributed by atoms with E-state index in [1.165, 1.54) is 17.8 Å². The highest BCUT2D eigenvalue weighted by molar-refractivity contribution is 7.99. The molecule has 2 heterocycles. The van der Waals surface area contributed by atoms with Crippen molar-refractivity contribution in [2.75, 3.05) is 17.6 Å². The standard InChI is InChI=1S/C21H17F3N8O2S/c22-16-6-3-13(9-15(16)18(23)24)29-19(25)17-21(31-34-30-17)35-8-7-26-20(33)12-1-4-14(5-2-12)32-10-27-28-11-32/h1-6,9-11,18H,7-8H2,(H2,25,29)(H,26,33). The summed E-state index contributed by atoms with van der Waals surface area (Å²) in [6, 6.07) is 9.93. The van der Waals surface area contributed by atoms with Gasteiger partial charge in [0.2, 0.25) is 0 Å². The van der Waals surface area contributed by atoms with Crippen molar-refractivity contribution in [3.05, 3.63) is 77.8 Å². The van der Waals surface area contributed by atoms with Gasteiger partial charge in [-0.05, 0) is 52.8 Å². The van der Waals surface area contributed by atoms with Crippen molar-refractivity contribution in [3.63, 3.8) is 0 Å². The highest BCUT2D eigenvalue weighted by Gasteiger charge is 2.18. The number of rotatable bonds is 9. The van der Waals surface area contributed by atoms with Crippen molar-refractivity contribution >= 4 is 29.2 Å². The number of hydrogen-bond acceptors (Lipinski definition) is 8. The number of alkyl halides is 2. The van der Waals surface area contributed by atoms with E-state index in [1.54, 1.807) is 41.5 Å². The van der Waals surface area contributed by atoms with E-state index in [1.807, 2.05) is 0 Å². The lowest BCUT2D eigenvalue weighted by Gasteiger charge is -2.09. The molecule has 0 atom stereocenters. The van der Waals surface area contributed by atoms with Gasteiger partial charge in [0.05, 0.1) is 5.56 Å². The Bertz CT molecular complexity index is 1310. The van der Waals surface area contributed by atoms with Crippen molar-refractivity contribution in [3.8, 4) is 5.69 Å². The maximum Gasteiger partial charge on any atom is 0.266 e. The number of nitrogens with one attached hydrogen (secondary N) is 3. The summed E-state index contributed by atoms with van der Waals surface area (Å²) < 4.78 is 45.7. The van der Waals surface area contributed by atoms with E-state index in [4.69, 9.17) is 10.0 Å². The molecule has 14 heteroatoms. The number of halogens is 3. The van der Waals surface area contributed by atoms with Gasteiger partial charge in [-0.1, -0.05) is 11.8 Å². The summed E-state index contributed by atoms with van der Waals surface area (Å²) in [4.78, 5) is 12.4. The van der Waals surface area contributed by atoms with E-state index in [2.05, 4.69) is 31.1 Å². The Morgan fingerprint density at radius 1 is 1.11 bits per heavy atom. The molecule has 0 spiro atoms. The summed E-state index contributed by atoms with van der Waals surface area (Å²) in [7, 11) is 0. The second kappa shape index (κ2) is 10.8. The number of carbonyl (C=O) groups excluding carboxylic acids is 1. The fourth-order valence-electron chi connectivity index (χ4n) is 2.95. The fourth-order valence-corrected chi connectivity index (χ4v) is 3.71. The third-order valence-corrected chi connectivity index (χ3v) is 5.62. The summed E-state index contributed by atoms with van der Waals surface area (Å²) in [5.74, 6) is -1.17. The zero-order chi connectivity index (χ0) is 24.8. The van der Waals surface area contributed by atoms with E-state index >= 15 is 0 Å². The molecule has 0 bridgehead atoms. The van der Waals surface area contributed by atoms with Crippen LogP contribution in [0.4, 0.5) is 18.9 Å². The van der Waals surface area contributed by atoms with E-state index in [-0.39, 0.29) is 28.2 Å². The van der Waals surface area contributed by atoms with Crippen LogP contribution in [0.1, 0.15) is 28.0 Å². The second-order valence-corrected chi connectivity index (χ2v) is 8.06. The highest BCUT2D eigenvalue weighted by atomic mass is 32.2. The first kappa shape index (κ1) is 23.9. The summed E-state index contributed by atoms with van der Waals surface area (Å²) in [5.41, 5.74) is 0.654. The Kier molecular flexibility index (Phi) is 7.40. The molecule has 35 heavy (non-hydrogen) atoms. The first-order valence-corrected chi connectivity index (χ1v) is 11.0. The molecule has 4 rings (SSSR count). The molecule has 2 aromatic carbocycles. The van der Waals surface area contributed by atoms with E-state index in [0.717, 1.165) is 17.8 Å². The SMILES string of the molecule is N=C(Nc1ccc(F)c(C(F)F)c1)c1nonc1SCCNC(=O)c1ccc(-n2cnnc2)cc1. The van der Waals surface area contributed by atoms with Gasteiger partial charge in [0.25, 0.3) is 12.3 Å². The van der Waals surface area contributed by atoms with Crippen LogP contribution in [0.2, 0.25) is 0 Å². The lowest BCUT2D eigenvalue weighted by molar-refractivity contribution is 0.0956. The molecular weight excluding hydrogens is 485 g/mol. The molecule has 1 amide bonds. The number of aromatic nitrogens is 5. The zero-order valence-electron chi connectivity index (χ0n) is 17.8. The number of amidine groups is 1. The summed E-state index contributed by atoms with van der Waals surface area (Å²) >= 11 is 1.18. The number of thioether (sulfide) groups is 1. The van der Waals surface area contributed by atoms with Gasteiger partial charge in [-0.25, -0.2) is 17.8 Å². The van der Waals surface area contributed by atoms with Crippen molar-refractivity contribution in [1.82, 2.24) is 30.4 Å². The molecule has 0 aliphatic heterocycles. The molecule has 0 aliphatic rings. The second-order valence-electron chi connectivity index (χ2n) is 6.98. The smallest absolute Gasteiger partial charge is 0.266 e. The van der Waals surface area contributed by atoms with Crippen LogP contribution in [-0.2, 0) is 0 Å². The average Bonchev–Trinajstić information content (AvgIpc) is 3.55. The van der Waals surface area contributed by atoms with Crippen LogP contribution >= 0.6 is 11.8 Å². The van der Waals surface area contributed by atoms with Crippen LogP contribution in [0.3, 0.4) is 0 Å². The van der Waals surface area contributed by atoms with Crippen LogP contribution in [0.15, 0.2) is 64.8 Å². The van der Waals surface area contributed by atoms with E-state index < -0.39 is 17.8 Å². The Hall–Kier alpha value is -4.20. The largest absolute Gasteiger partial charge is 0.351 e. The predicted molar refractivity (Wildman–Crippen MR) is 121 cm³/mol. The molecule has 4 aromatic rings. The number of hydrogen-bond donors (Lipinski definition) is 3. The third-order valence-electron chi connectivity index (χ3n) is 4.67. The highest BCUT2D eigenvalue weighted by Crippen LogP contribution is 2.26. The number of carbonyl (C=O) groups is 1. The topological polar surface area (TPSA) is 135 Å².